The maximum absolute atomic E-state index is 12.7. The van der Waals surface area contributed by atoms with Gasteiger partial charge in [-0.15, -0.1) is 0 Å². The van der Waals surface area contributed by atoms with Crippen LogP contribution in [0.5, 0.6) is 0 Å². The van der Waals surface area contributed by atoms with Crippen LogP contribution in [0, 0.1) is 28.6 Å². The molecule has 37 heavy (non-hydrogen) atoms. The van der Waals surface area contributed by atoms with Gasteiger partial charge in [0.2, 0.25) is 0 Å². The van der Waals surface area contributed by atoms with Gasteiger partial charge in [-0.3, -0.25) is 4.79 Å². The fourth-order valence-electron chi connectivity index (χ4n) is 10.3. The highest BCUT2D eigenvalue weighted by atomic mass is 16.5. The first-order chi connectivity index (χ1) is 17.7. The van der Waals surface area contributed by atoms with E-state index in [1.807, 2.05) is 0 Å². The number of likely N-dealkylation sites (tertiary alicyclic amines) is 1. The molecule has 1 N–H and O–H groups in total. The van der Waals surface area contributed by atoms with Crippen molar-refractivity contribution in [2.24, 2.45) is 28.6 Å². The topological polar surface area (TPSA) is 80.0 Å². The molecule has 6 heteroatoms. The van der Waals surface area contributed by atoms with Gasteiger partial charge in [0.25, 0.3) is 0 Å². The number of fused-ring (bicyclic) bond motifs is 5. The average molecular weight is 512 g/mol. The Kier molecular flexibility index (Phi) is 6.38. The Bertz CT molecular complexity index is 1060. The monoisotopic (exact) mass is 511 g/mol. The Morgan fingerprint density at radius 1 is 1.05 bits per heavy atom. The van der Waals surface area contributed by atoms with Crippen LogP contribution in [0.25, 0.3) is 0 Å². The molecule has 2 heterocycles. The van der Waals surface area contributed by atoms with Crippen LogP contribution in [0.4, 0.5) is 0 Å². The second-order valence-corrected chi connectivity index (χ2v) is 13.6. The minimum absolute atomic E-state index is 0.188. The van der Waals surface area contributed by atoms with Crippen LogP contribution in [-0.2, 0) is 9.53 Å². The summed E-state index contributed by atoms with van der Waals surface area (Å²) >= 11 is 0. The van der Waals surface area contributed by atoms with Crippen LogP contribution in [0.15, 0.2) is 27.6 Å². The minimum Gasteiger partial charge on any atom is -0.462 e. The third-order valence-electron chi connectivity index (χ3n) is 12.1. The molecule has 1 saturated heterocycles. The molecule has 0 bridgehead atoms. The van der Waals surface area contributed by atoms with Crippen molar-refractivity contribution in [1.82, 2.24) is 4.90 Å². The molecule has 6 nitrogen and oxygen atoms in total. The minimum atomic E-state index is -0.908. The smallest absolute Gasteiger partial charge is 0.335 e. The third-order valence-corrected chi connectivity index (χ3v) is 12.1. The van der Waals surface area contributed by atoms with Crippen molar-refractivity contribution in [2.45, 2.75) is 115 Å². The lowest BCUT2D eigenvalue weighted by Gasteiger charge is -2.64. The van der Waals surface area contributed by atoms with Crippen molar-refractivity contribution < 1.29 is 19.1 Å². The summed E-state index contributed by atoms with van der Waals surface area (Å²) in [6, 6.07) is 3.99. The Labute approximate surface area is 221 Å². The van der Waals surface area contributed by atoms with E-state index in [4.69, 9.17) is 9.15 Å². The third kappa shape index (κ3) is 3.95. The molecule has 9 unspecified atom stereocenters. The van der Waals surface area contributed by atoms with Crippen molar-refractivity contribution in [3.8, 4) is 0 Å². The molecule has 1 aromatic rings. The summed E-state index contributed by atoms with van der Waals surface area (Å²) < 4.78 is 11.2. The molecule has 0 amide bonds. The molecule has 4 aliphatic carbocycles. The van der Waals surface area contributed by atoms with Gasteiger partial charge in [0.05, 0.1) is 11.9 Å². The van der Waals surface area contributed by atoms with E-state index in [9.17, 15) is 14.7 Å². The van der Waals surface area contributed by atoms with Crippen molar-refractivity contribution in [3.05, 3.63) is 34.4 Å². The van der Waals surface area contributed by atoms with Crippen LogP contribution in [0.2, 0.25) is 0 Å². The van der Waals surface area contributed by atoms with Gasteiger partial charge in [0.1, 0.15) is 6.10 Å². The first-order valence-electron chi connectivity index (χ1n) is 14.9. The number of hydrogen-bond donors (Lipinski definition) is 1. The Balaban J connectivity index is 1.29. The maximum atomic E-state index is 12.7. The molecular weight excluding hydrogens is 466 g/mol. The molecule has 0 aromatic carbocycles. The highest BCUT2D eigenvalue weighted by Crippen LogP contribution is 2.71. The quantitative estimate of drug-likeness (QED) is 0.557. The summed E-state index contributed by atoms with van der Waals surface area (Å²) in [5, 5.41) is 12.7. The van der Waals surface area contributed by atoms with E-state index in [1.54, 1.807) is 6.07 Å². The molecule has 1 aliphatic heterocycles. The van der Waals surface area contributed by atoms with Gasteiger partial charge in [-0.25, -0.2) is 4.79 Å². The van der Waals surface area contributed by atoms with Gasteiger partial charge in [-0.1, -0.05) is 20.3 Å². The standard InChI is InChI=1S/C31H45NO5/c1-20(33)37-26-18-31(35)25-9-8-22-17-23(32-15-5-4-6-16-32)11-13-29(22,2)24(25)12-14-30(31,3)28(26)21-7-10-27(34)36-19-21/h7,10,19,22-26,28,35H,4-6,8-9,11-18H2,1-3H3. The zero-order chi connectivity index (χ0) is 26.0. The number of rotatable bonds is 3. The number of piperidine rings is 1. The Morgan fingerprint density at radius 3 is 2.54 bits per heavy atom. The number of aliphatic hydroxyl groups is 1. The number of carbonyl (C=O) groups excluding carboxylic acids is 1. The van der Waals surface area contributed by atoms with E-state index >= 15 is 0 Å². The van der Waals surface area contributed by atoms with E-state index in [-0.39, 0.29) is 28.8 Å². The average Bonchev–Trinajstić information content (AvgIpc) is 3.10. The first kappa shape index (κ1) is 25.6. The molecule has 9 atom stereocenters. The molecule has 6 rings (SSSR count). The molecule has 0 spiro atoms. The first-order valence-corrected chi connectivity index (χ1v) is 14.9. The lowest BCUT2D eigenvalue weighted by molar-refractivity contribution is -0.204. The highest BCUT2D eigenvalue weighted by Gasteiger charge is 2.70. The summed E-state index contributed by atoms with van der Waals surface area (Å²) in [4.78, 5) is 26.6. The lowest BCUT2D eigenvalue weighted by Crippen LogP contribution is -2.62. The van der Waals surface area contributed by atoms with Gasteiger partial charge in [-0.05, 0) is 106 Å². The number of nitrogens with zero attached hydrogens (tertiary/aromatic N) is 1. The van der Waals surface area contributed by atoms with Crippen LogP contribution in [0.1, 0.15) is 103 Å². The van der Waals surface area contributed by atoms with Crippen LogP contribution >= 0.6 is 0 Å². The number of esters is 1. The molecule has 0 radical (unpaired) electrons. The molecule has 204 valence electrons. The van der Waals surface area contributed by atoms with Gasteiger partial charge in [0, 0.05) is 36.8 Å². The van der Waals surface area contributed by atoms with Gasteiger partial charge in [-0.2, -0.15) is 0 Å². The lowest BCUT2D eigenvalue weighted by atomic mass is 9.43. The number of ether oxygens (including phenoxy) is 1. The van der Waals surface area contributed by atoms with Crippen molar-refractivity contribution in [3.63, 3.8) is 0 Å². The summed E-state index contributed by atoms with van der Waals surface area (Å²) in [7, 11) is 0. The van der Waals surface area contributed by atoms with E-state index in [2.05, 4.69) is 18.7 Å². The molecule has 4 saturated carbocycles. The van der Waals surface area contributed by atoms with Crippen molar-refractivity contribution >= 4 is 5.97 Å². The van der Waals surface area contributed by atoms with Gasteiger partial charge >= 0.3 is 11.6 Å². The fraction of sp³-hybridized carbons (Fsp3) is 0.806. The number of hydrogen-bond acceptors (Lipinski definition) is 6. The normalized spacial score (nSPS) is 45.9. The summed E-state index contributed by atoms with van der Waals surface area (Å²) in [6.45, 7) is 8.74. The van der Waals surface area contributed by atoms with E-state index < -0.39 is 17.1 Å². The fourth-order valence-corrected chi connectivity index (χ4v) is 10.3. The van der Waals surface area contributed by atoms with E-state index in [0.29, 0.717) is 12.3 Å². The Hall–Kier alpha value is -1.66. The zero-order valence-corrected chi connectivity index (χ0v) is 22.9. The molecule has 1 aromatic heterocycles. The van der Waals surface area contributed by atoms with Gasteiger partial charge in [0.15, 0.2) is 0 Å². The van der Waals surface area contributed by atoms with E-state index in [0.717, 1.165) is 36.8 Å². The predicted molar refractivity (Wildman–Crippen MR) is 141 cm³/mol. The molecule has 5 fully saturated rings. The largest absolute Gasteiger partial charge is 0.462 e. The highest BCUT2D eigenvalue weighted by molar-refractivity contribution is 5.66. The summed E-state index contributed by atoms with van der Waals surface area (Å²) in [6.07, 6.45) is 13.7. The second-order valence-electron chi connectivity index (χ2n) is 13.6. The van der Waals surface area contributed by atoms with Crippen LogP contribution in [-0.4, -0.2) is 46.8 Å². The van der Waals surface area contributed by atoms with Crippen molar-refractivity contribution in [2.75, 3.05) is 13.1 Å². The zero-order valence-electron chi connectivity index (χ0n) is 22.9. The molecular formula is C31H45NO5. The molecule has 5 aliphatic rings. The summed E-state index contributed by atoms with van der Waals surface area (Å²) in [5.74, 6) is 0.927. The van der Waals surface area contributed by atoms with E-state index in [1.165, 1.54) is 77.3 Å². The predicted octanol–water partition coefficient (Wildman–Crippen LogP) is 5.28. The number of carbonyl (C=O) groups is 1. The van der Waals surface area contributed by atoms with Crippen LogP contribution in [0.3, 0.4) is 0 Å². The SMILES string of the molecule is CC(=O)OC1CC2(O)C3CCC4CC(N5CCCCC5)CCC4(C)C3CCC2(C)C1c1ccc(=O)oc1. The van der Waals surface area contributed by atoms with Crippen LogP contribution < -0.4 is 5.63 Å². The summed E-state index contributed by atoms with van der Waals surface area (Å²) in [5.41, 5.74) is -0.622. The van der Waals surface area contributed by atoms with Gasteiger partial charge < -0.3 is 19.2 Å². The second kappa shape index (κ2) is 9.22. The Morgan fingerprint density at radius 2 is 1.84 bits per heavy atom. The maximum Gasteiger partial charge on any atom is 0.335 e. The van der Waals surface area contributed by atoms with Crippen molar-refractivity contribution in [1.29, 1.82) is 0 Å².